The van der Waals surface area contributed by atoms with Crippen molar-refractivity contribution >= 4 is 43.0 Å². The molecule has 0 amide bonds. The van der Waals surface area contributed by atoms with Gasteiger partial charge in [0.1, 0.15) is 17.0 Å². The molecule has 1 aliphatic carbocycles. The van der Waals surface area contributed by atoms with E-state index in [4.69, 9.17) is 4.42 Å². The minimum atomic E-state index is -0.172. The van der Waals surface area contributed by atoms with E-state index in [1.165, 1.54) is 12.1 Å². The Balaban J connectivity index is 2.45. The summed E-state index contributed by atoms with van der Waals surface area (Å²) in [4.78, 5) is 15.9. The number of hydrogen-bond acceptors (Lipinski definition) is 4. The number of halogens is 2. The predicted octanol–water partition coefficient (Wildman–Crippen LogP) is 3.52. The molecule has 1 heterocycles. The van der Waals surface area contributed by atoms with E-state index < -0.39 is 0 Å². The highest BCUT2D eigenvalue weighted by Crippen LogP contribution is 2.32. The van der Waals surface area contributed by atoms with E-state index >= 15 is 0 Å². The van der Waals surface area contributed by atoms with Crippen molar-refractivity contribution in [1.29, 1.82) is 0 Å². The first-order valence-electron chi connectivity index (χ1n) is 4.97. The maximum Gasteiger partial charge on any atom is 0.196 e. The lowest BCUT2D eigenvalue weighted by Gasteiger charge is -2.07. The Bertz CT molecular complexity index is 797. The number of phenols is 1. The smallest absolute Gasteiger partial charge is 0.196 e. The second-order valence-corrected chi connectivity index (χ2v) is 5.44. The molecule has 0 saturated carbocycles. The molecule has 0 aromatic heterocycles. The molecular formula is C12H5Br2NO3. The summed E-state index contributed by atoms with van der Waals surface area (Å²) >= 11 is 6.38. The lowest BCUT2D eigenvalue weighted by Crippen LogP contribution is -2.02. The van der Waals surface area contributed by atoms with Crippen molar-refractivity contribution in [3.8, 4) is 17.2 Å². The summed E-state index contributed by atoms with van der Waals surface area (Å²) in [7, 11) is 0. The van der Waals surface area contributed by atoms with Gasteiger partial charge in [0.05, 0.1) is 8.95 Å². The number of nitrogens with zero attached hydrogens (tertiary/aromatic N) is 1. The molecule has 6 heteroatoms. The van der Waals surface area contributed by atoms with Crippen LogP contribution in [-0.4, -0.2) is 10.1 Å². The third kappa shape index (κ3) is 1.81. The van der Waals surface area contributed by atoms with Gasteiger partial charge >= 0.3 is 0 Å². The Morgan fingerprint density at radius 3 is 2.67 bits per heavy atom. The molecule has 0 atom stereocenters. The quantitative estimate of drug-likeness (QED) is 0.615. The summed E-state index contributed by atoms with van der Waals surface area (Å²) in [6.45, 7) is 0. The zero-order valence-electron chi connectivity index (χ0n) is 8.78. The molecule has 0 fully saturated rings. The number of fused-ring (bicyclic) bond motifs is 2. The van der Waals surface area contributed by atoms with E-state index in [1.807, 2.05) is 0 Å². The molecule has 0 bridgehead atoms. The molecule has 4 nitrogen and oxygen atoms in total. The van der Waals surface area contributed by atoms with Gasteiger partial charge < -0.3 is 9.52 Å². The van der Waals surface area contributed by atoms with Crippen LogP contribution in [0.5, 0.6) is 5.75 Å². The minimum Gasteiger partial charge on any atom is -0.507 e. The Morgan fingerprint density at radius 1 is 1.11 bits per heavy atom. The van der Waals surface area contributed by atoms with Gasteiger partial charge in [-0.15, -0.1) is 0 Å². The van der Waals surface area contributed by atoms with Gasteiger partial charge in [-0.25, -0.2) is 4.98 Å². The molecule has 0 unspecified atom stereocenters. The van der Waals surface area contributed by atoms with Crippen molar-refractivity contribution < 1.29 is 9.52 Å². The Hall–Kier alpha value is -1.40. The van der Waals surface area contributed by atoms with Gasteiger partial charge in [0.2, 0.25) is 0 Å². The van der Waals surface area contributed by atoms with Crippen LogP contribution in [0.4, 0.5) is 0 Å². The van der Waals surface area contributed by atoms with E-state index in [0.29, 0.717) is 31.5 Å². The van der Waals surface area contributed by atoms with Crippen LogP contribution in [0.25, 0.3) is 22.6 Å². The molecular weight excluding hydrogens is 366 g/mol. The van der Waals surface area contributed by atoms with Gasteiger partial charge in [0.25, 0.3) is 0 Å². The maximum absolute atomic E-state index is 11.5. The molecule has 18 heavy (non-hydrogen) atoms. The third-order valence-corrected chi connectivity index (χ3v) is 3.76. The van der Waals surface area contributed by atoms with Gasteiger partial charge in [-0.05, 0) is 44.0 Å². The van der Waals surface area contributed by atoms with Gasteiger partial charge in [0.15, 0.2) is 16.8 Å². The number of hydrogen-bond donors (Lipinski definition) is 1. The monoisotopic (exact) mass is 369 g/mol. The topological polar surface area (TPSA) is 63.3 Å². The van der Waals surface area contributed by atoms with Crippen LogP contribution >= 0.6 is 31.9 Å². The summed E-state index contributed by atoms with van der Waals surface area (Å²) in [5.74, 6) is 0.448. The van der Waals surface area contributed by atoms with Crippen LogP contribution < -0.4 is 5.43 Å². The van der Waals surface area contributed by atoms with E-state index in [0.717, 1.165) is 0 Å². The predicted molar refractivity (Wildman–Crippen MR) is 74.0 cm³/mol. The summed E-state index contributed by atoms with van der Waals surface area (Å²) in [5, 5.41) is 9.58. The fourth-order valence-electron chi connectivity index (χ4n) is 1.64. The number of aromatic hydroxyl groups is 1. The third-order valence-electron chi connectivity index (χ3n) is 2.50. The number of aromatic nitrogens is 1. The van der Waals surface area contributed by atoms with E-state index in [1.54, 1.807) is 12.1 Å². The molecule has 1 aromatic rings. The van der Waals surface area contributed by atoms with Crippen molar-refractivity contribution in [3.63, 3.8) is 0 Å². The molecule has 1 N–H and O–H groups in total. The summed E-state index contributed by atoms with van der Waals surface area (Å²) in [6.07, 6.45) is 0. The molecule has 0 saturated heterocycles. The largest absolute Gasteiger partial charge is 0.507 e. The first-order chi connectivity index (χ1) is 8.54. The van der Waals surface area contributed by atoms with Crippen LogP contribution in [0.3, 0.4) is 0 Å². The number of rotatable bonds is 0. The van der Waals surface area contributed by atoms with Crippen LogP contribution in [0.2, 0.25) is 0 Å². The summed E-state index contributed by atoms with van der Waals surface area (Å²) in [6, 6.07) is 6.09. The molecule has 90 valence electrons. The Kier molecular flexibility index (Phi) is 2.64. The highest BCUT2D eigenvalue weighted by molar-refractivity contribution is 9.10. The minimum absolute atomic E-state index is 0.0619. The molecule has 3 rings (SSSR count). The van der Waals surface area contributed by atoms with Crippen molar-refractivity contribution in [1.82, 2.24) is 4.98 Å². The normalized spacial score (nSPS) is 11.2. The van der Waals surface area contributed by atoms with Crippen LogP contribution in [0.15, 0.2) is 42.4 Å². The first kappa shape index (κ1) is 11.7. The standard InChI is InChI=1S/C12H5Br2NO3/c13-5-1-7-11(3-9(5)16)18-12-4-10(17)6(14)2-8(12)15-7/h1-4,16H. The van der Waals surface area contributed by atoms with E-state index in [-0.39, 0.29) is 11.2 Å². The zero-order chi connectivity index (χ0) is 12.9. The van der Waals surface area contributed by atoms with Crippen molar-refractivity contribution in [3.05, 3.63) is 43.4 Å². The molecule has 0 spiro atoms. The molecule has 1 aromatic carbocycles. The summed E-state index contributed by atoms with van der Waals surface area (Å²) < 4.78 is 6.53. The Labute approximate surface area is 118 Å². The zero-order valence-corrected chi connectivity index (χ0v) is 11.9. The highest BCUT2D eigenvalue weighted by atomic mass is 79.9. The van der Waals surface area contributed by atoms with E-state index in [2.05, 4.69) is 36.8 Å². The average molecular weight is 371 g/mol. The van der Waals surface area contributed by atoms with Crippen molar-refractivity contribution in [2.45, 2.75) is 0 Å². The van der Waals surface area contributed by atoms with Gasteiger partial charge in [-0.2, -0.15) is 0 Å². The van der Waals surface area contributed by atoms with Crippen LogP contribution in [0, 0.1) is 0 Å². The van der Waals surface area contributed by atoms with Gasteiger partial charge in [-0.1, -0.05) is 0 Å². The second kappa shape index (κ2) is 4.07. The molecule has 2 aliphatic rings. The first-order valence-corrected chi connectivity index (χ1v) is 6.56. The second-order valence-electron chi connectivity index (χ2n) is 3.74. The van der Waals surface area contributed by atoms with Crippen molar-refractivity contribution in [2.75, 3.05) is 0 Å². The van der Waals surface area contributed by atoms with E-state index in [9.17, 15) is 9.90 Å². The fourth-order valence-corrected chi connectivity index (χ4v) is 2.31. The van der Waals surface area contributed by atoms with Gasteiger partial charge in [0, 0.05) is 12.1 Å². The van der Waals surface area contributed by atoms with Gasteiger partial charge in [-0.3, -0.25) is 4.79 Å². The molecule has 1 aliphatic heterocycles. The Morgan fingerprint density at radius 2 is 1.89 bits per heavy atom. The van der Waals surface area contributed by atoms with Crippen molar-refractivity contribution in [2.24, 2.45) is 0 Å². The number of benzene rings is 2. The van der Waals surface area contributed by atoms with Crippen LogP contribution in [0.1, 0.15) is 0 Å². The highest BCUT2D eigenvalue weighted by Gasteiger charge is 2.13. The lowest BCUT2D eigenvalue weighted by atomic mass is 10.2. The average Bonchev–Trinajstić information content (AvgIpc) is 2.31. The fraction of sp³-hybridized carbons (Fsp3) is 0. The molecule has 0 radical (unpaired) electrons. The van der Waals surface area contributed by atoms with Crippen LogP contribution in [-0.2, 0) is 0 Å². The SMILES string of the molecule is O=c1cc2oc3cc(O)c(Br)cc3nc-2cc1Br. The maximum atomic E-state index is 11.5. The number of phenolic OH excluding ortho intramolecular Hbond substituents is 1. The lowest BCUT2D eigenvalue weighted by molar-refractivity contribution is 0.470. The summed E-state index contributed by atoms with van der Waals surface area (Å²) in [5.41, 5.74) is 1.42.